The molecule has 0 saturated carbocycles. The largest absolute Gasteiger partial charge is 0.356 e. The van der Waals surface area contributed by atoms with Crippen molar-refractivity contribution in [3.63, 3.8) is 0 Å². The van der Waals surface area contributed by atoms with Crippen LogP contribution in [0.25, 0.3) is 0 Å². The number of aromatic amines is 1. The van der Waals surface area contributed by atoms with Gasteiger partial charge in [-0.25, -0.2) is 0 Å². The van der Waals surface area contributed by atoms with E-state index in [-0.39, 0.29) is 17.0 Å². The number of amides is 1. The lowest BCUT2D eigenvalue weighted by Crippen LogP contribution is -2.21. The van der Waals surface area contributed by atoms with E-state index < -0.39 is 5.91 Å². The molecule has 0 aliphatic rings. The van der Waals surface area contributed by atoms with E-state index in [1.165, 1.54) is 35.9 Å². The molecule has 0 spiro atoms. The van der Waals surface area contributed by atoms with E-state index in [4.69, 9.17) is 11.6 Å². The maximum Gasteiger partial charge on any atom is 0.272 e. The Morgan fingerprint density at radius 1 is 1.19 bits per heavy atom. The first kappa shape index (κ1) is 17.7. The predicted octanol–water partition coefficient (Wildman–Crippen LogP) is 3.33. The second-order valence-electron chi connectivity index (χ2n) is 5.79. The molecule has 2 heterocycles. The highest BCUT2D eigenvalue weighted by molar-refractivity contribution is 6.31. The van der Waals surface area contributed by atoms with Crippen molar-refractivity contribution in [3.8, 4) is 0 Å². The van der Waals surface area contributed by atoms with Crippen LogP contribution in [0.4, 0.5) is 5.69 Å². The minimum Gasteiger partial charge on any atom is -0.356 e. The van der Waals surface area contributed by atoms with Crippen molar-refractivity contribution < 1.29 is 9.59 Å². The van der Waals surface area contributed by atoms with Crippen LogP contribution in [-0.4, -0.2) is 21.2 Å². The Morgan fingerprint density at radius 3 is 2.65 bits per heavy atom. The maximum atomic E-state index is 12.3. The number of nitrogens with zero attached hydrogens (tertiary/aromatic N) is 1. The third kappa shape index (κ3) is 3.92. The van der Waals surface area contributed by atoms with Crippen molar-refractivity contribution in [2.45, 2.75) is 13.5 Å². The van der Waals surface area contributed by atoms with Gasteiger partial charge in [0.1, 0.15) is 5.69 Å². The number of ketones is 1. The molecule has 7 heteroatoms. The molecule has 1 aromatic carbocycles. The third-order valence-electron chi connectivity index (χ3n) is 3.87. The number of aromatic nitrogens is 2. The summed E-state index contributed by atoms with van der Waals surface area (Å²) in [5, 5.41) is 3.27. The Labute approximate surface area is 154 Å². The minimum absolute atomic E-state index is 0.131. The van der Waals surface area contributed by atoms with Gasteiger partial charge in [0.05, 0.1) is 12.2 Å². The van der Waals surface area contributed by atoms with E-state index in [1.54, 1.807) is 12.3 Å². The Morgan fingerprint density at radius 2 is 1.96 bits per heavy atom. The number of pyridine rings is 1. The van der Waals surface area contributed by atoms with Crippen LogP contribution < -0.4 is 10.9 Å². The van der Waals surface area contributed by atoms with Gasteiger partial charge in [0.15, 0.2) is 5.78 Å². The highest BCUT2D eigenvalue weighted by atomic mass is 35.5. The van der Waals surface area contributed by atoms with Crippen molar-refractivity contribution in [1.82, 2.24) is 9.55 Å². The molecule has 0 atom stereocenters. The lowest BCUT2D eigenvalue weighted by molar-refractivity contribution is 0.101. The number of benzene rings is 1. The first-order chi connectivity index (χ1) is 12.4. The second kappa shape index (κ2) is 7.41. The number of H-pyrrole nitrogens is 1. The fourth-order valence-electron chi connectivity index (χ4n) is 2.47. The van der Waals surface area contributed by atoms with E-state index in [2.05, 4.69) is 10.3 Å². The van der Waals surface area contributed by atoms with Crippen LogP contribution in [0.3, 0.4) is 0 Å². The van der Waals surface area contributed by atoms with Crippen LogP contribution in [0.5, 0.6) is 0 Å². The smallest absolute Gasteiger partial charge is 0.272 e. The summed E-state index contributed by atoms with van der Waals surface area (Å²) in [6.45, 7) is 1.72. The standard InChI is InChI=1S/C19H16ClN3O3/c1-12(24)14-8-17(21-9-14)19(26)22-15-6-7-18(25)23(11-15)10-13-4-2-3-5-16(13)20/h2-9,11,21H,10H2,1H3,(H,22,26). The molecule has 0 aliphatic carbocycles. The minimum atomic E-state index is -0.402. The number of nitrogens with one attached hydrogen (secondary N) is 2. The molecule has 0 saturated heterocycles. The number of hydrogen-bond donors (Lipinski definition) is 2. The maximum absolute atomic E-state index is 12.3. The van der Waals surface area contributed by atoms with Gasteiger partial charge in [-0.15, -0.1) is 0 Å². The summed E-state index contributed by atoms with van der Waals surface area (Å²) < 4.78 is 1.46. The summed E-state index contributed by atoms with van der Waals surface area (Å²) in [7, 11) is 0. The molecule has 2 aromatic heterocycles. The van der Waals surface area contributed by atoms with Crippen molar-refractivity contribution in [2.24, 2.45) is 0 Å². The summed E-state index contributed by atoms with van der Waals surface area (Å²) in [5.41, 5.74) is 1.75. The van der Waals surface area contributed by atoms with Gasteiger partial charge >= 0.3 is 0 Å². The number of rotatable bonds is 5. The summed E-state index contributed by atoms with van der Waals surface area (Å²) >= 11 is 6.14. The Hall–Kier alpha value is -3.12. The van der Waals surface area contributed by atoms with E-state index >= 15 is 0 Å². The van der Waals surface area contributed by atoms with Gasteiger partial charge in [0.25, 0.3) is 11.5 Å². The second-order valence-corrected chi connectivity index (χ2v) is 6.19. The zero-order valence-electron chi connectivity index (χ0n) is 14.0. The van der Waals surface area contributed by atoms with Gasteiger partial charge in [-0.1, -0.05) is 29.8 Å². The zero-order chi connectivity index (χ0) is 18.7. The molecule has 0 radical (unpaired) electrons. The van der Waals surface area contributed by atoms with Crippen LogP contribution >= 0.6 is 11.6 Å². The van der Waals surface area contributed by atoms with Crippen molar-refractivity contribution in [1.29, 1.82) is 0 Å². The van der Waals surface area contributed by atoms with Gasteiger partial charge in [-0.05, 0) is 30.7 Å². The molecule has 0 aliphatic heterocycles. The molecule has 0 bridgehead atoms. The average Bonchev–Trinajstić information content (AvgIpc) is 3.10. The van der Waals surface area contributed by atoms with Gasteiger partial charge in [-0.2, -0.15) is 0 Å². The number of Topliss-reactive ketones (excluding diaryl/α,β-unsaturated/α-hetero) is 1. The molecule has 1 amide bonds. The van der Waals surface area contributed by atoms with Gasteiger partial charge in [0.2, 0.25) is 0 Å². The van der Waals surface area contributed by atoms with Crippen molar-refractivity contribution >= 4 is 29.0 Å². The summed E-state index contributed by atoms with van der Waals surface area (Å²) in [5.74, 6) is -0.533. The molecular weight excluding hydrogens is 354 g/mol. The third-order valence-corrected chi connectivity index (χ3v) is 4.24. The Kier molecular flexibility index (Phi) is 5.04. The summed E-state index contributed by atoms with van der Waals surface area (Å²) in [4.78, 5) is 38.5. The molecular formula is C19H16ClN3O3. The lowest BCUT2D eigenvalue weighted by atomic mass is 10.2. The first-order valence-corrected chi connectivity index (χ1v) is 8.26. The highest BCUT2D eigenvalue weighted by Crippen LogP contribution is 2.16. The fraction of sp³-hybridized carbons (Fsp3) is 0.105. The van der Waals surface area contributed by atoms with Crippen LogP contribution in [-0.2, 0) is 6.54 Å². The number of carbonyl (C=O) groups excluding carboxylic acids is 2. The highest BCUT2D eigenvalue weighted by Gasteiger charge is 2.12. The van der Waals surface area contributed by atoms with E-state index in [9.17, 15) is 14.4 Å². The summed E-state index contributed by atoms with van der Waals surface area (Å²) in [6.07, 6.45) is 3.04. The topological polar surface area (TPSA) is 84.0 Å². The van der Waals surface area contributed by atoms with Crippen molar-refractivity contribution in [3.05, 3.63) is 87.1 Å². The SMILES string of the molecule is CC(=O)c1c[nH]c(C(=O)Nc2ccc(=O)n(Cc3ccccc3Cl)c2)c1. The Balaban J connectivity index is 1.80. The summed E-state index contributed by atoms with van der Waals surface area (Å²) in [6, 6.07) is 11.6. The number of anilines is 1. The molecule has 3 rings (SSSR count). The fourth-order valence-corrected chi connectivity index (χ4v) is 2.66. The van der Waals surface area contributed by atoms with Crippen LogP contribution in [0.1, 0.15) is 33.3 Å². The van der Waals surface area contributed by atoms with E-state index in [1.807, 2.05) is 18.2 Å². The van der Waals surface area contributed by atoms with Crippen LogP contribution in [0.2, 0.25) is 5.02 Å². The monoisotopic (exact) mass is 369 g/mol. The normalized spacial score (nSPS) is 10.5. The quantitative estimate of drug-likeness (QED) is 0.676. The van der Waals surface area contributed by atoms with Crippen molar-refractivity contribution in [2.75, 3.05) is 5.32 Å². The predicted molar refractivity (Wildman–Crippen MR) is 100 cm³/mol. The van der Waals surface area contributed by atoms with Gasteiger partial charge in [-0.3, -0.25) is 14.4 Å². The molecule has 0 fully saturated rings. The number of hydrogen-bond acceptors (Lipinski definition) is 3. The lowest BCUT2D eigenvalue weighted by Gasteiger charge is -2.10. The molecule has 2 N–H and O–H groups in total. The molecule has 132 valence electrons. The molecule has 26 heavy (non-hydrogen) atoms. The van der Waals surface area contributed by atoms with Gasteiger partial charge < -0.3 is 14.9 Å². The Bertz CT molecular complexity index is 1040. The number of halogens is 1. The number of carbonyl (C=O) groups is 2. The molecule has 0 unspecified atom stereocenters. The zero-order valence-corrected chi connectivity index (χ0v) is 14.7. The van der Waals surface area contributed by atoms with Crippen LogP contribution in [0, 0.1) is 0 Å². The molecule has 6 nitrogen and oxygen atoms in total. The molecule has 3 aromatic rings. The van der Waals surface area contributed by atoms with E-state index in [0.717, 1.165) is 5.56 Å². The van der Waals surface area contributed by atoms with Gasteiger partial charge in [0, 0.05) is 29.0 Å². The average molecular weight is 370 g/mol. The van der Waals surface area contributed by atoms with E-state index in [0.29, 0.717) is 22.8 Å². The first-order valence-electron chi connectivity index (χ1n) is 7.88. The van der Waals surface area contributed by atoms with Crippen LogP contribution in [0.15, 0.2) is 59.7 Å².